The molecule has 0 radical (unpaired) electrons. The number of nitrogens with one attached hydrogen (secondary N) is 2. The minimum Gasteiger partial charge on any atom is -0.395 e. The highest BCUT2D eigenvalue weighted by atomic mass is 16.3. The normalized spacial score (nSPS) is 12.9. The number of carbonyl (C=O) groups is 1. The first-order valence-electron chi connectivity index (χ1n) is 5.41. The van der Waals surface area contributed by atoms with E-state index < -0.39 is 12.1 Å². The second-order valence-corrected chi connectivity index (χ2v) is 3.60. The van der Waals surface area contributed by atoms with E-state index in [-0.39, 0.29) is 19.1 Å². The van der Waals surface area contributed by atoms with Gasteiger partial charge in [0.15, 0.2) is 0 Å². The number of carbonyl (C=O) groups excluding carboxylic acids is 1. The topological polar surface area (TPSA) is 81.6 Å². The third-order valence-corrected chi connectivity index (χ3v) is 2.15. The summed E-state index contributed by atoms with van der Waals surface area (Å²) in [4.78, 5) is 11.4. The Morgan fingerprint density at radius 2 is 1.93 bits per heavy atom. The molecule has 1 unspecified atom stereocenters. The number of hydrogen-bond donors (Lipinski definition) is 4. The molecule has 90 valence electrons. The molecule has 4 N–H and O–H groups in total. The summed E-state index contributed by atoms with van der Waals surface area (Å²) in [6, 6.07) is -0.830. The predicted octanol–water partition coefficient (Wildman–Crippen LogP) is -0.766. The molecule has 0 aromatic carbocycles. The van der Waals surface area contributed by atoms with Gasteiger partial charge in [-0.25, -0.2) is 0 Å². The fourth-order valence-electron chi connectivity index (χ4n) is 1.13. The molecule has 0 aliphatic rings. The first kappa shape index (κ1) is 14.3. The van der Waals surface area contributed by atoms with E-state index in [4.69, 9.17) is 10.2 Å². The summed E-state index contributed by atoms with van der Waals surface area (Å²) in [5.41, 5.74) is 0. The van der Waals surface area contributed by atoms with E-state index in [2.05, 4.69) is 17.6 Å². The second kappa shape index (κ2) is 8.64. The molecule has 0 aliphatic heterocycles. The fraction of sp³-hybridized carbons (Fsp3) is 0.900. The van der Waals surface area contributed by atoms with Gasteiger partial charge in [-0.3, -0.25) is 10.1 Å². The van der Waals surface area contributed by atoms with Crippen LogP contribution in [0.1, 0.15) is 26.7 Å². The van der Waals surface area contributed by atoms with Crippen molar-refractivity contribution in [2.75, 3.05) is 19.8 Å². The fourth-order valence-corrected chi connectivity index (χ4v) is 1.13. The lowest BCUT2D eigenvalue weighted by Gasteiger charge is -2.19. The molecule has 0 fully saturated rings. The van der Waals surface area contributed by atoms with Crippen molar-refractivity contribution in [2.45, 2.75) is 38.8 Å². The molecule has 0 bridgehead atoms. The van der Waals surface area contributed by atoms with Crippen molar-refractivity contribution in [1.82, 2.24) is 10.6 Å². The van der Waals surface area contributed by atoms with Crippen molar-refractivity contribution < 1.29 is 15.0 Å². The van der Waals surface area contributed by atoms with Gasteiger partial charge in [0.1, 0.15) is 0 Å². The Bertz CT molecular complexity index is 172. The quantitative estimate of drug-likeness (QED) is 0.403. The molecule has 5 nitrogen and oxygen atoms in total. The van der Waals surface area contributed by atoms with Gasteiger partial charge in [-0.2, -0.15) is 0 Å². The summed E-state index contributed by atoms with van der Waals surface area (Å²) in [5.74, 6) is -0.102. The average molecular weight is 218 g/mol. The summed E-state index contributed by atoms with van der Waals surface area (Å²) in [6.07, 6.45) is 2.00. The number of aliphatic hydroxyl groups is 2. The summed E-state index contributed by atoms with van der Waals surface area (Å²) in [7, 11) is 0. The minimum absolute atomic E-state index is 0.102. The molecule has 0 saturated carbocycles. The Kier molecular flexibility index (Phi) is 8.27. The molecule has 1 amide bonds. The minimum atomic E-state index is -0.433. The zero-order valence-corrected chi connectivity index (χ0v) is 9.49. The number of aliphatic hydroxyl groups excluding tert-OH is 2. The highest BCUT2D eigenvalue weighted by molar-refractivity contribution is 5.81. The lowest BCUT2D eigenvalue weighted by molar-refractivity contribution is -0.123. The second-order valence-electron chi connectivity index (χ2n) is 3.60. The van der Waals surface area contributed by atoms with Crippen LogP contribution in [0.4, 0.5) is 0 Å². The van der Waals surface area contributed by atoms with E-state index in [0.717, 1.165) is 12.8 Å². The molecule has 0 heterocycles. The SMILES string of the molecule is CCCCNC(=O)C(C)NC(CO)CO. The van der Waals surface area contributed by atoms with Gasteiger partial charge in [-0.05, 0) is 13.3 Å². The van der Waals surface area contributed by atoms with Gasteiger partial charge in [-0.1, -0.05) is 13.3 Å². The predicted molar refractivity (Wildman–Crippen MR) is 58.5 cm³/mol. The smallest absolute Gasteiger partial charge is 0.236 e. The molecule has 0 aromatic heterocycles. The Hall–Kier alpha value is -0.650. The van der Waals surface area contributed by atoms with Crippen LogP contribution in [0.2, 0.25) is 0 Å². The van der Waals surface area contributed by atoms with Gasteiger partial charge in [-0.15, -0.1) is 0 Å². The Labute approximate surface area is 90.9 Å². The molecule has 1 atom stereocenters. The van der Waals surface area contributed by atoms with Gasteiger partial charge in [0.2, 0.25) is 5.91 Å². The van der Waals surface area contributed by atoms with Crippen molar-refractivity contribution in [3.8, 4) is 0 Å². The average Bonchev–Trinajstić information content (AvgIpc) is 2.25. The van der Waals surface area contributed by atoms with E-state index >= 15 is 0 Å². The molecule has 0 spiro atoms. The maximum Gasteiger partial charge on any atom is 0.236 e. The maximum atomic E-state index is 11.4. The lowest BCUT2D eigenvalue weighted by Crippen LogP contribution is -2.49. The highest BCUT2D eigenvalue weighted by Crippen LogP contribution is 1.89. The van der Waals surface area contributed by atoms with Crippen molar-refractivity contribution in [3.05, 3.63) is 0 Å². The van der Waals surface area contributed by atoms with Crippen LogP contribution >= 0.6 is 0 Å². The molecule has 0 aromatic rings. The summed E-state index contributed by atoms with van der Waals surface area (Å²) in [6.45, 7) is 4.08. The van der Waals surface area contributed by atoms with Crippen LogP contribution in [0.3, 0.4) is 0 Å². The molecular formula is C10H22N2O3. The van der Waals surface area contributed by atoms with Crippen molar-refractivity contribution in [3.63, 3.8) is 0 Å². The first-order valence-corrected chi connectivity index (χ1v) is 5.41. The summed E-state index contributed by atoms with van der Waals surface area (Å²) >= 11 is 0. The lowest BCUT2D eigenvalue weighted by atomic mass is 10.2. The number of rotatable bonds is 8. The van der Waals surface area contributed by atoms with Crippen LogP contribution in [0.15, 0.2) is 0 Å². The Balaban J connectivity index is 3.77. The van der Waals surface area contributed by atoms with Crippen LogP contribution in [0, 0.1) is 0 Å². The molecule has 5 heteroatoms. The van der Waals surface area contributed by atoms with Gasteiger partial charge < -0.3 is 15.5 Å². The maximum absolute atomic E-state index is 11.4. The van der Waals surface area contributed by atoms with Crippen LogP contribution in [-0.4, -0.2) is 48.0 Å². The monoisotopic (exact) mass is 218 g/mol. The van der Waals surface area contributed by atoms with E-state index in [1.54, 1.807) is 6.92 Å². The highest BCUT2D eigenvalue weighted by Gasteiger charge is 2.15. The molecule has 0 saturated heterocycles. The number of hydrogen-bond acceptors (Lipinski definition) is 4. The van der Waals surface area contributed by atoms with Gasteiger partial charge in [0.25, 0.3) is 0 Å². The van der Waals surface area contributed by atoms with Crippen LogP contribution in [0.25, 0.3) is 0 Å². The molecule has 0 rings (SSSR count). The summed E-state index contributed by atoms with van der Waals surface area (Å²) in [5, 5.41) is 23.2. The van der Waals surface area contributed by atoms with Crippen LogP contribution in [0.5, 0.6) is 0 Å². The molecule has 15 heavy (non-hydrogen) atoms. The van der Waals surface area contributed by atoms with Crippen LogP contribution < -0.4 is 10.6 Å². The summed E-state index contributed by atoms with van der Waals surface area (Å²) < 4.78 is 0. The van der Waals surface area contributed by atoms with E-state index in [1.807, 2.05) is 0 Å². The third-order valence-electron chi connectivity index (χ3n) is 2.15. The van der Waals surface area contributed by atoms with Crippen molar-refractivity contribution in [2.24, 2.45) is 0 Å². The van der Waals surface area contributed by atoms with E-state index in [9.17, 15) is 4.79 Å². The third kappa shape index (κ3) is 6.43. The van der Waals surface area contributed by atoms with Crippen molar-refractivity contribution in [1.29, 1.82) is 0 Å². The zero-order valence-electron chi connectivity index (χ0n) is 9.49. The van der Waals surface area contributed by atoms with E-state index in [0.29, 0.717) is 6.54 Å². The first-order chi connectivity index (χ1) is 7.15. The van der Waals surface area contributed by atoms with Gasteiger partial charge >= 0.3 is 0 Å². The van der Waals surface area contributed by atoms with Crippen molar-refractivity contribution >= 4 is 5.91 Å². The van der Waals surface area contributed by atoms with E-state index in [1.165, 1.54) is 0 Å². The van der Waals surface area contributed by atoms with Crippen LogP contribution in [-0.2, 0) is 4.79 Å². The largest absolute Gasteiger partial charge is 0.395 e. The van der Waals surface area contributed by atoms with Gasteiger partial charge in [0.05, 0.1) is 25.3 Å². The molecular weight excluding hydrogens is 196 g/mol. The standard InChI is InChI=1S/C10H22N2O3/c1-3-4-5-11-10(15)8(2)12-9(6-13)7-14/h8-9,12-14H,3-7H2,1-2H3,(H,11,15). The zero-order chi connectivity index (χ0) is 11.7. The Morgan fingerprint density at radius 3 is 2.40 bits per heavy atom. The molecule has 0 aliphatic carbocycles. The van der Waals surface area contributed by atoms with Gasteiger partial charge in [0, 0.05) is 6.54 Å². The Morgan fingerprint density at radius 1 is 1.33 bits per heavy atom. The number of unbranched alkanes of at least 4 members (excludes halogenated alkanes) is 1. The number of amides is 1.